The first-order chi connectivity index (χ1) is 12.8. The maximum Gasteiger partial charge on any atom is 0.224 e. The highest BCUT2D eigenvalue weighted by atomic mass is 16.5. The van der Waals surface area contributed by atoms with Gasteiger partial charge in [-0.2, -0.15) is 0 Å². The Balaban J connectivity index is 1.41. The maximum absolute atomic E-state index is 12.7. The molecule has 1 aliphatic heterocycles. The average molecular weight is 356 g/mol. The Kier molecular flexibility index (Phi) is 5.27. The quantitative estimate of drug-likeness (QED) is 0.759. The Morgan fingerprint density at radius 3 is 2.73 bits per heavy atom. The van der Waals surface area contributed by atoms with Crippen molar-refractivity contribution in [2.75, 3.05) is 32.8 Å². The van der Waals surface area contributed by atoms with Crippen molar-refractivity contribution in [2.24, 2.45) is 0 Å². The van der Waals surface area contributed by atoms with Crippen molar-refractivity contribution < 1.29 is 14.4 Å². The molecule has 2 fully saturated rings. The summed E-state index contributed by atoms with van der Waals surface area (Å²) in [5.74, 6) is 0.132. The smallest absolute Gasteiger partial charge is 0.224 e. The van der Waals surface area contributed by atoms with E-state index in [1.807, 2.05) is 18.3 Å². The number of carbonyl (C=O) groups excluding carboxylic acids is 1. The summed E-state index contributed by atoms with van der Waals surface area (Å²) in [7, 11) is 0. The predicted octanol–water partition coefficient (Wildman–Crippen LogP) is 1.44. The van der Waals surface area contributed by atoms with Crippen molar-refractivity contribution in [1.82, 2.24) is 10.3 Å². The lowest BCUT2D eigenvalue weighted by Crippen LogP contribution is -3.23. The molecular formula is C21H30N3O2+. The first-order valence-electron chi connectivity index (χ1n) is 10.0. The zero-order chi connectivity index (χ0) is 17.8. The van der Waals surface area contributed by atoms with E-state index in [0.29, 0.717) is 6.42 Å². The second-order valence-corrected chi connectivity index (χ2v) is 7.87. The maximum atomic E-state index is 12.7. The van der Waals surface area contributed by atoms with Crippen LogP contribution in [0.3, 0.4) is 0 Å². The number of amides is 1. The van der Waals surface area contributed by atoms with Crippen LogP contribution in [0.5, 0.6) is 0 Å². The van der Waals surface area contributed by atoms with E-state index in [4.69, 9.17) is 4.74 Å². The van der Waals surface area contributed by atoms with E-state index in [1.54, 1.807) is 4.90 Å². The van der Waals surface area contributed by atoms with Crippen LogP contribution in [-0.2, 0) is 16.0 Å². The zero-order valence-corrected chi connectivity index (χ0v) is 15.5. The molecule has 1 aromatic carbocycles. The van der Waals surface area contributed by atoms with Gasteiger partial charge < -0.3 is 19.9 Å². The Labute approximate surface area is 155 Å². The van der Waals surface area contributed by atoms with Gasteiger partial charge in [0.05, 0.1) is 26.2 Å². The third kappa shape index (κ3) is 3.64. The van der Waals surface area contributed by atoms with Crippen LogP contribution in [0, 0.1) is 0 Å². The fourth-order valence-electron chi connectivity index (χ4n) is 4.81. The van der Waals surface area contributed by atoms with Crippen LogP contribution in [0.4, 0.5) is 0 Å². The number of morpholine rings is 1. The molecule has 0 spiro atoms. The molecule has 5 heteroatoms. The third-order valence-corrected chi connectivity index (χ3v) is 6.31. The van der Waals surface area contributed by atoms with Crippen LogP contribution < -0.4 is 10.2 Å². The van der Waals surface area contributed by atoms with Gasteiger partial charge in [0.2, 0.25) is 5.91 Å². The van der Waals surface area contributed by atoms with Gasteiger partial charge in [-0.05, 0) is 24.5 Å². The van der Waals surface area contributed by atoms with Crippen molar-refractivity contribution >= 4 is 16.8 Å². The molecule has 2 aromatic rings. The summed E-state index contributed by atoms with van der Waals surface area (Å²) in [6.45, 7) is 4.63. The second kappa shape index (κ2) is 7.80. The van der Waals surface area contributed by atoms with E-state index >= 15 is 0 Å². The van der Waals surface area contributed by atoms with Gasteiger partial charge >= 0.3 is 0 Å². The molecule has 1 saturated heterocycles. The Bertz CT molecular complexity index is 743. The molecule has 1 aromatic heterocycles. The van der Waals surface area contributed by atoms with Crippen LogP contribution in [0.25, 0.3) is 10.9 Å². The van der Waals surface area contributed by atoms with E-state index in [-0.39, 0.29) is 11.4 Å². The molecule has 1 saturated carbocycles. The lowest BCUT2D eigenvalue weighted by atomic mass is 9.79. The Hall–Kier alpha value is -1.85. The summed E-state index contributed by atoms with van der Waals surface area (Å²) in [6.07, 6.45) is 8.73. The highest BCUT2D eigenvalue weighted by Crippen LogP contribution is 2.25. The molecule has 0 bridgehead atoms. The van der Waals surface area contributed by atoms with Crippen molar-refractivity contribution in [3.05, 3.63) is 36.0 Å². The topological polar surface area (TPSA) is 58.6 Å². The van der Waals surface area contributed by atoms with Crippen LogP contribution in [-0.4, -0.2) is 49.3 Å². The number of ether oxygens (including phenoxy) is 1. The van der Waals surface area contributed by atoms with Crippen molar-refractivity contribution in [3.63, 3.8) is 0 Å². The minimum Gasteiger partial charge on any atom is -0.370 e. The van der Waals surface area contributed by atoms with E-state index in [2.05, 4.69) is 22.4 Å². The molecule has 0 atom stereocenters. The van der Waals surface area contributed by atoms with Gasteiger partial charge in [-0.3, -0.25) is 4.79 Å². The molecule has 4 rings (SSSR count). The summed E-state index contributed by atoms with van der Waals surface area (Å²) in [5, 5.41) is 4.43. The van der Waals surface area contributed by atoms with Crippen LogP contribution >= 0.6 is 0 Å². The van der Waals surface area contributed by atoms with E-state index in [0.717, 1.165) is 49.3 Å². The number of aromatic amines is 1. The number of carbonyl (C=O) groups is 1. The van der Waals surface area contributed by atoms with Gasteiger partial charge in [-0.1, -0.05) is 24.6 Å². The number of fused-ring (bicyclic) bond motifs is 1. The molecule has 1 amide bonds. The van der Waals surface area contributed by atoms with Crippen LogP contribution in [0.1, 0.15) is 37.7 Å². The zero-order valence-electron chi connectivity index (χ0n) is 15.5. The predicted molar refractivity (Wildman–Crippen MR) is 102 cm³/mol. The molecule has 5 nitrogen and oxygen atoms in total. The van der Waals surface area contributed by atoms with Gasteiger partial charge in [0, 0.05) is 29.9 Å². The molecule has 26 heavy (non-hydrogen) atoms. The fraction of sp³-hybridized carbons (Fsp3) is 0.571. The summed E-state index contributed by atoms with van der Waals surface area (Å²) >= 11 is 0. The fourth-order valence-corrected chi connectivity index (χ4v) is 4.81. The number of benzene rings is 1. The number of para-hydroxylation sites is 1. The number of H-pyrrole nitrogens is 1. The monoisotopic (exact) mass is 356 g/mol. The van der Waals surface area contributed by atoms with Crippen LogP contribution in [0.15, 0.2) is 30.5 Å². The lowest BCUT2D eigenvalue weighted by Gasteiger charge is -2.45. The number of nitrogens with one attached hydrogen (secondary N) is 3. The van der Waals surface area contributed by atoms with Gasteiger partial charge in [0.1, 0.15) is 18.6 Å². The first kappa shape index (κ1) is 17.6. The molecule has 1 aliphatic carbocycles. The second-order valence-electron chi connectivity index (χ2n) is 7.87. The number of hydrogen-bond donors (Lipinski definition) is 3. The lowest BCUT2D eigenvalue weighted by molar-refractivity contribution is -0.960. The number of aromatic nitrogens is 1. The van der Waals surface area contributed by atoms with Crippen molar-refractivity contribution in [3.8, 4) is 0 Å². The molecule has 2 aliphatic rings. The number of hydrogen-bond acceptors (Lipinski definition) is 2. The molecule has 3 N–H and O–H groups in total. The standard InChI is InChI=1S/C21H29N3O2/c25-20(14-17-15-22-19-7-3-2-6-18(17)19)23-16-21(8-4-1-5-9-21)24-10-12-26-13-11-24/h2-3,6-7,15,22H,1,4-5,8-14,16H2,(H,23,25)/p+1. The van der Waals surface area contributed by atoms with E-state index in [1.165, 1.54) is 32.1 Å². The number of rotatable bonds is 5. The van der Waals surface area contributed by atoms with Gasteiger partial charge in [-0.15, -0.1) is 0 Å². The van der Waals surface area contributed by atoms with Gasteiger partial charge in [-0.25, -0.2) is 0 Å². The molecule has 0 unspecified atom stereocenters. The van der Waals surface area contributed by atoms with Gasteiger partial charge in [0.15, 0.2) is 0 Å². The summed E-state index contributed by atoms with van der Waals surface area (Å²) < 4.78 is 5.56. The Morgan fingerprint density at radius 1 is 1.15 bits per heavy atom. The van der Waals surface area contributed by atoms with E-state index in [9.17, 15) is 4.79 Å². The van der Waals surface area contributed by atoms with E-state index < -0.39 is 0 Å². The summed E-state index contributed by atoms with van der Waals surface area (Å²) in [5.41, 5.74) is 2.38. The molecule has 0 radical (unpaired) electrons. The molecule has 140 valence electrons. The highest BCUT2D eigenvalue weighted by molar-refractivity contribution is 5.88. The average Bonchev–Trinajstić information content (AvgIpc) is 3.11. The number of quaternary nitrogens is 1. The first-order valence-corrected chi connectivity index (χ1v) is 10.0. The van der Waals surface area contributed by atoms with Crippen molar-refractivity contribution in [2.45, 2.75) is 44.1 Å². The SMILES string of the molecule is O=C(Cc1c[nH]c2ccccc12)NCC1([NH+]2CCOCC2)CCCCC1. The molecular weight excluding hydrogens is 326 g/mol. The normalized spacial score (nSPS) is 20.9. The van der Waals surface area contributed by atoms with Crippen LogP contribution in [0.2, 0.25) is 0 Å². The third-order valence-electron chi connectivity index (χ3n) is 6.31. The molecule has 2 heterocycles. The Morgan fingerprint density at radius 2 is 1.92 bits per heavy atom. The van der Waals surface area contributed by atoms with Crippen molar-refractivity contribution in [1.29, 1.82) is 0 Å². The van der Waals surface area contributed by atoms with Gasteiger partial charge in [0.25, 0.3) is 0 Å². The minimum absolute atomic E-state index is 0.132. The summed E-state index contributed by atoms with van der Waals surface area (Å²) in [6, 6.07) is 8.17. The minimum atomic E-state index is 0.132. The highest BCUT2D eigenvalue weighted by Gasteiger charge is 2.42. The largest absolute Gasteiger partial charge is 0.370 e. The summed E-state index contributed by atoms with van der Waals surface area (Å²) in [4.78, 5) is 17.6.